The molecule has 3 rings (SSSR count). The number of aryl methyl sites for hydroxylation is 1. The van der Waals surface area contributed by atoms with Gasteiger partial charge in [-0.05, 0) is 37.5 Å². The Morgan fingerprint density at radius 1 is 1.21 bits per heavy atom. The molecule has 0 unspecified atom stereocenters. The lowest BCUT2D eigenvalue weighted by atomic mass is 10.1. The van der Waals surface area contributed by atoms with E-state index in [2.05, 4.69) is 30.4 Å². The Morgan fingerprint density at radius 3 is 2.79 bits per heavy atom. The molecule has 152 valence electrons. The van der Waals surface area contributed by atoms with E-state index in [0.717, 1.165) is 49.6 Å². The molecule has 0 saturated carbocycles. The van der Waals surface area contributed by atoms with E-state index in [0.29, 0.717) is 25.1 Å². The number of nitrogens with zero attached hydrogens (tertiary/aromatic N) is 4. The molecule has 0 saturated heterocycles. The van der Waals surface area contributed by atoms with Crippen LogP contribution in [0.1, 0.15) is 42.5 Å². The minimum atomic E-state index is -4.64. The number of fused-ring (bicyclic) bond motifs is 1. The summed E-state index contributed by atoms with van der Waals surface area (Å²) in [5.41, 5.74) is -1.11. The number of benzene rings is 1. The van der Waals surface area contributed by atoms with Gasteiger partial charge in [0, 0.05) is 19.5 Å². The van der Waals surface area contributed by atoms with Gasteiger partial charge in [-0.3, -0.25) is 0 Å². The lowest BCUT2D eigenvalue weighted by Gasteiger charge is -2.16. The van der Waals surface area contributed by atoms with Gasteiger partial charge in [-0.1, -0.05) is 6.07 Å². The average molecular weight is 398 g/mol. The Bertz CT molecular complexity index is 843. The number of nitrogens with one attached hydrogen (secondary N) is 2. The van der Waals surface area contributed by atoms with E-state index >= 15 is 0 Å². The number of aliphatic imine (C=N–C) groups is 1. The van der Waals surface area contributed by atoms with Crippen molar-refractivity contribution in [2.24, 2.45) is 4.99 Å². The third-order valence-corrected chi connectivity index (χ3v) is 4.48. The molecule has 0 radical (unpaired) electrons. The van der Waals surface area contributed by atoms with E-state index in [1.54, 1.807) is 0 Å². The molecule has 10 heteroatoms. The van der Waals surface area contributed by atoms with E-state index in [9.17, 15) is 17.6 Å². The van der Waals surface area contributed by atoms with E-state index in [4.69, 9.17) is 0 Å². The Balaban J connectivity index is 1.72. The van der Waals surface area contributed by atoms with Crippen LogP contribution in [-0.2, 0) is 32.2 Å². The molecular formula is C18H22F4N6. The highest BCUT2D eigenvalue weighted by Gasteiger charge is 2.33. The molecule has 1 aromatic heterocycles. The number of aromatic nitrogens is 3. The monoisotopic (exact) mass is 398 g/mol. The summed E-state index contributed by atoms with van der Waals surface area (Å²) in [6.07, 6.45) is -1.59. The standard InChI is InChI=1S/C18H22F4N6/c1-2-23-17(25-11-16-27-26-15-5-3-4-8-28(15)16)24-10-12-6-7-13(19)9-14(12)18(20,21)22/h6-7,9H,2-5,8,10-11H2,1H3,(H2,23,24,25). The SMILES string of the molecule is CCNC(=NCc1ccc(F)cc1C(F)(F)F)NCc1nnc2n1CCCC2. The van der Waals surface area contributed by atoms with Crippen molar-refractivity contribution in [2.45, 2.75) is 52.0 Å². The molecule has 2 aromatic rings. The van der Waals surface area contributed by atoms with Gasteiger partial charge in [0.25, 0.3) is 0 Å². The predicted molar refractivity (Wildman–Crippen MR) is 96.0 cm³/mol. The lowest BCUT2D eigenvalue weighted by Crippen LogP contribution is -2.37. The fourth-order valence-corrected chi connectivity index (χ4v) is 3.12. The van der Waals surface area contributed by atoms with Crippen molar-refractivity contribution in [1.29, 1.82) is 0 Å². The minimum Gasteiger partial charge on any atom is -0.357 e. The summed E-state index contributed by atoms with van der Waals surface area (Å²) in [7, 11) is 0. The van der Waals surface area contributed by atoms with Gasteiger partial charge in [0.2, 0.25) is 0 Å². The van der Waals surface area contributed by atoms with Gasteiger partial charge >= 0.3 is 6.18 Å². The van der Waals surface area contributed by atoms with Gasteiger partial charge in [-0.2, -0.15) is 13.2 Å². The number of hydrogen-bond acceptors (Lipinski definition) is 3. The molecule has 0 spiro atoms. The van der Waals surface area contributed by atoms with Crippen molar-refractivity contribution in [3.8, 4) is 0 Å². The minimum absolute atomic E-state index is 0.0917. The van der Waals surface area contributed by atoms with Crippen LogP contribution in [0, 0.1) is 5.82 Å². The van der Waals surface area contributed by atoms with E-state index in [1.807, 2.05) is 6.92 Å². The van der Waals surface area contributed by atoms with Crippen LogP contribution in [0.25, 0.3) is 0 Å². The summed E-state index contributed by atoms with van der Waals surface area (Å²) in [4.78, 5) is 4.21. The quantitative estimate of drug-likeness (QED) is 0.462. The van der Waals surface area contributed by atoms with Gasteiger partial charge in [-0.25, -0.2) is 9.38 Å². The molecule has 28 heavy (non-hydrogen) atoms. The van der Waals surface area contributed by atoms with Gasteiger partial charge < -0.3 is 15.2 Å². The summed E-state index contributed by atoms with van der Waals surface area (Å²) in [6.45, 7) is 3.38. The number of alkyl halides is 3. The average Bonchev–Trinajstić information content (AvgIpc) is 3.07. The van der Waals surface area contributed by atoms with Crippen molar-refractivity contribution in [3.63, 3.8) is 0 Å². The van der Waals surface area contributed by atoms with Gasteiger partial charge in [0.1, 0.15) is 11.6 Å². The molecular weight excluding hydrogens is 376 g/mol. The maximum atomic E-state index is 13.2. The number of halogens is 4. The highest BCUT2D eigenvalue weighted by atomic mass is 19.4. The third-order valence-electron chi connectivity index (χ3n) is 4.48. The summed E-state index contributed by atoms with van der Waals surface area (Å²) in [6, 6.07) is 2.61. The third kappa shape index (κ3) is 4.79. The zero-order valence-electron chi connectivity index (χ0n) is 15.5. The highest BCUT2D eigenvalue weighted by Crippen LogP contribution is 2.32. The van der Waals surface area contributed by atoms with Crippen LogP contribution >= 0.6 is 0 Å². The zero-order valence-corrected chi connectivity index (χ0v) is 15.5. The normalized spacial score (nSPS) is 14.7. The molecule has 0 amide bonds. The number of guanidine groups is 1. The van der Waals surface area contributed by atoms with Crippen molar-refractivity contribution in [1.82, 2.24) is 25.4 Å². The largest absolute Gasteiger partial charge is 0.416 e. The first-order valence-electron chi connectivity index (χ1n) is 9.17. The summed E-state index contributed by atoms with van der Waals surface area (Å²) < 4.78 is 54.7. The van der Waals surface area contributed by atoms with Crippen LogP contribution < -0.4 is 10.6 Å². The first-order valence-corrected chi connectivity index (χ1v) is 9.17. The topological polar surface area (TPSA) is 67.1 Å². The molecule has 6 nitrogen and oxygen atoms in total. The molecule has 0 atom stereocenters. The van der Waals surface area contributed by atoms with Crippen LogP contribution in [0.3, 0.4) is 0 Å². The van der Waals surface area contributed by atoms with Crippen LogP contribution in [0.5, 0.6) is 0 Å². The highest BCUT2D eigenvalue weighted by molar-refractivity contribution is 5.79. The van der Waals surface area contributed by atoms with E-state index < -0.39 is 17.6 Å². The predicted octanol–water partition coefficient (Wildman–Crippen LogP) is 3.03. The molecule has 0 bridgehead atoms. The first kappa shape index (κ1) is 20.1. The van der Waals surface area contributed by atoms with E-state index in [1.165, 1.54) is 0 Å². The van der Waals surface area contributed by atoms with Crippen LogP contribution in [-0.4, -0.2) is 27.3 Å². The lowest BCUT2D eigenvalue weighted by molar-refractivity contribution is -0.138. The molecule has 2 N–H and O–H groups in total. The fourth-order valence-electron chi connectivity index (χ4n) is 3.12. The van der Waals surface area contributed by atoms with Crippen LogP contribution in [0.2, 0.25) is 0 Å². The second kappa shape index (κ2) is 8.57. The van der Waals surface area contributed by atoms with Crippen molar-refractivity contribution >= 4 is 5.96 Å². The molecule has 0 fully saturated rings. The Hall–Kier alpha value is -2.65. The smallest absolute Gasteiger partial charge is 0.357 e. The van der Waals surface area contributed by atoms with Crippen molar-refractivity contribution < 1.29 is 17.6 Å². The second-order valence-corrected chi connectivity index (χ2v) is 6.49. The second-order valence-electron chi connectivity index (χ2n) is 6.49. The Labute approximate surface area is 160 Å². The molecule has 0 aliphatic carbocycles. The summed E-state index contributed by atoms with van der Waals surface area (Å²) >= 11 is 0. The zero-order chi connectivity index (χ0) is 20.1. The van der Waals surface area contributed by atoms with Crippen molar-refractivity contribution in [3.05, 3.63) is 46.8 Å². The molecule has 1 aromatic carbocycles. The molecule has 1 aliphatic heterocycles. The Morgan fingerprint density at radius 2 is 2.04 bits per heavy atom. The summed E-state index contributed by atoms with van der Waals surface area (Å²) in [5, 5.41) is 14.4. The van der Waals surface area contributed by atoms with Crippen LogP contribution in [0.4, 0.5) is 17.6 Å². The number of rotatable bonds is 5. The van der Waals surface area contributed by atoms with Gasteiger partial charge in [-0.15, -0.1) is 10.2 Å². The maximum absolute atomic E-state index is 13.2. The maximum Gasteiger partial charge on any atom is 0.416 e. The molecule has 2 heterocycles. The van der Waals surface area contributed by atoms with Crippen LogP contribution in [0.15, 0.2) is 23.2 Å². The first-order chi connectivity index (χ1) is 13.4. The fraction of sp³-hybridized carbons (Fsp3) is 0.500. The van der Waals surface area contributed by atoms with Gasteiger partial charge in [0.15, 0.2) is 11.8 Å². The number of hydrogen-bond donors (Lipinski definition) is 2. The van der Waals surface area contributed by atoms with E-state index in [-0.39, 0.29) is 12.1 Å². The van der Waals surface area contributed by atoms with Gasteiger partial charge in [0.05, 0.1) is 18.7 Å². The molecule has 1 aliphatic rings. The Kier molecular flexibility index (Phi) is 6.15. The van der Waals surface area contributed by atoms with Crippen molar-refractivity contribution in [2.75, 3.05) is 6.54 Å². The summed E-state index contributed by atoms with van der Waals surface area (Å²) in [5.74, 6) is 1.14.